The van der Waals surface area contributed by atoms with Crippen molar-refractivity contribution in [2.24, 2.45) is 0 Å². The molecule has 74 valence electrons. The summed E-state index contributed by atoms with van der Waals surface area (Å²) in [5.74, 6) is -3.85. The quantitative estimate of drug-likeness (QED) is 0.567. The minimum Gasteiger partial charge on any atom is -0.281 e. The standard InChI is InChI=1S/C4H6F4O3S/c1-3(5,6)2-4(7,8)12(9,10)11/h2H2,1H3,(H,9,10,11). The first-order chi connectivity index (χ1) is 4.96. The molecule has 0 aliphatic carbocycles. The zero-order valence-corrected chi connectivity index (χ0v) is 6.71. The van der Waals surface area contributed by atoms with Gasteiger partial charge in [-0.25, -0.2) is 8.78 Å². The van der Waals surface area contributed by atoms with Gasteiger partial charge in [0.25, 0.3) is 5.92 Å². The maximum Gasteiger partial charge on any atom is 0.375 e. The molecule has 0 radical (unpaired) electrons. The molecule has 0 aromatic carbocycles. The Labute approximate surface area is 66.1 Å². The topological polar surface area (TPSA) is 54.4 Å². The molecule has 0 fully saturated rings. The van der Waals surface area contributed by atoms with E-state index in [0.717, 1.165) is 0 Å². The van der Waals surface area contributed by atoms with Gasteiger partial charge in [-0.3, -0.25) is 4.55 Å². The van der Waals surface area contributed by atoms with Crippen LogP contribution in [0.1, 0.15) is 13.3 Å². The molecule has 0 amide bonds. The summed E-state index contributed by atoms with van der Waals surface area (Å²) in [6.07, 6.45) is -2.22. The van der Waals surface area contributed by atoms with E-state index < -0.39 is 27.7 Å². The van der Waals surface area contributed by atoms with Gasteiger partial charge in [-0.1, -0.05) is 0 Å². The third-order valence-electron chi connectivity index (χ3n) is 0.894. The van der Waals surface area contributed by atoms with Gasteiger partial charge in [0.15, 0.2) is 0 Å². The van der Waals surface area contributed by atoms with Crippen LogP contribution in [0.2, 0.25) is 0 Å². The monoisotopic (exact) mass is 210 g/mol. The smallest absolute Gasteiger partial charge is 0.281 e. The number of halogens is 4. The van der Waals surface area contributed by atoms with Crippen molar-refractivity contribution in [3.8, 4) is 0 Å². The SMILES string of the molecule is CC(F)(F)CC(F)(F)S(=O)(=O)O. The molecule has 0 aromatic heterocycles. The first-order valence-electron chi connectivity index (χ1n) is 2.68. The van der Waals surface area contributed by atoms with E-state index in [9.17, 15) is 26.0 Å². The summed E-state index contributed by atoms with van der Waals surface area (Å²) in [6.45, 7) is 0.131. The molecule has 3 nitrogen and oxygen atoms in total. The number of rotatable bonds is 3. The van der Waals surface area contributed by atoms with Crippen LogP contribution in [0.15, 0.2) is 0 Å². The number of hydrogen-bond acceptors (Lipinski definition) is 2. The Kier molecular flexibility index (Phi) is 2.75. The van der Waals surface area contributed by atoms with Crippen molar-refractivity contribution in [2.45, 2.75) is 24.5 Å². The summed E-state index contributed by atoms with van der Waals surface area (Å²) in [5, 5.41) is -4.80. The summed E-state index contributed by atoms with van der Waals surface area (Å²) >= 11 is 0. The molecular weight excluding hydrogens is 204 g/mol. The van der Waals surface area contributed by atoms with Crippen LogP contribution >= 0.6 is 0 Å². The molecule has 0 rings (SSSR count). The molecule has 1 N–H and O–H groups in total. The van der Waals surface area contributed by atoms with Gasteiger partial charge in [0.05, 0.1) is 6.42 Å². The minimum atomic E-state index is -5.75. The minimum absolute atomic E-state index is 0.131. The van der Waals surface area contributed by atoms with Gasteiger partial charge in [0, 0.05) is 0 Å². The van der Waals surface area contributed by atoms with Crippen molar-refractivity contribution in [3.63, 3.8) is 0 Å². The summed E-state index contributed by atoms with van der Waals surface area (Å²) in [4.78, 5) is 0. The molecule has 0 aliphatic heterocycles. The molecule has 0 spiro atoms. The highest BCUT2D eigenvalue weighted by Crippen LogP contribution is 2.33. The molecule has 12 heavy (non-hydrogen) atoms. The lowest BCUT2D eigenvalue weighted by Gasteiger charge is -2.16. The van der Waals surface area contributed by atoms with Crippen LogP contribution in [0.4, 0.5) is 17.6 Å². The van der Waals surface area contributed by atoms with Crippen molar-refractivity contribution < 1.29 is 30.5 Å². The maximum absolute atomic E-state index is 12.1. The van der Waals surface area contributed by atoms with Crippen LogP contribution in [-0.2, 0) is 10.1 Å². The molecule has 0 saturated carbocycles. The first kappa shape index (κ1) is 11.6. The third-order valence-corrected chi connectivity index (χ3v) is 1.79. The summed E-state index contributed by atoms with van der Waals surface area (Å²) in [6, 6.07) is 0. The van der Waals surface area contributed by atoms with Crippen molar-refractivity contribution >= 4 is 10.1 Å². The predicted molar refractivity (Wildman–Crippen MR) is 31.7 cm³/mol. The average Bonchev–Trinajstić information content (AvgIpc) is 1.52. The summed E-state index contributed by atoms with van der Waals surface area (Å²) in [5.41, 5.74) is 0. The highest BCUT2D eigenvalue weighted by Gasteiger charge is 2.50. The van der Waals surface area contributed by atoms with Gasteiger partial charge in [0.2, 0.25) is 0 Å². The molecular formula is C4H6F4O3S. The van der Waals surface area contributed by atoms with E-state index in [-0.39, 0.29) is 6.92 Å². The molecule has 0 aromatic rings. The van der Waals surface area contributed by atoms with Crippen LogP contribution in [0.5, 0.6) is 0 Å². The summed E-state index contributed by atoms with van der Waals surface area (Å²) in [7, 11) is -5.75. The van der Waals surface area contributed by atoms with Crippen LogP contribution < -0.4 is 0 Å². The maximum atomic E-state index is 12.1. The Morgan fingerprint density at radius 3 is 1.67 bits per heavy atom. The Balaban J connectivity index is 4.68. The zero-order chi connectivity index (χ0) is 10.2. The largest absolute Gasteiger partial charge is 0.375 e. The molecule has 0 unspecified atom stereocenters. The van der Waals surface area contributed by atoms with E-state index in [4.69, 9.17) is 4.55 Å². The highest BCUT2D eigenvalue weighted by molar-refractivity contribution is 7.86. The lowest BCUT2D eigenvalue weighted by atomic mass is 10.3. The zero-order valence-electron chi connectivity index (χ0n) is 5.89. The Morgan fingerprint density at radius 1 is 1.25 bits per heavy atom. The second kappa shape index (κ2) is 2.84. The molecule has 8 heteroatoms. The second-order valence-electron chi connectivity index (χ2n) is 2.36. The molecule has 0 heterocycles. The van der Waals surface area contributed by atoms with E-state index in [1.54, 1.807) is 0 Å². The van der Waals surface area contributed by atoms with Crippen LogP contribution in [-0.4, -0.2) is 24.1 Å². The van der Waals surface area contributed by atoms with E-state index in [2.05, 4.69) is 0 Å². The van der Waals surface area contributed by atoms with Gasteiger partial charge in [-0.2, -0.15) is 17.2 Å². The fourth-order valence-electron chi connectivity index (χ4n) is 0.453. The fourth-order valence-corrected chi connectivity index (χ4v) is 0.888. The molecule has 0 atom stereocenters. The van der Waals surface area contributed by atoms with Gasteiger partial charge in [-0.05, 0) is 6.92 Å². The number of hydrogen-bond donors (Lipinski definition) is 1. The molecule has 0 aliphatic rings. The van der Waals surface area contributed by atoms with Crippen molar-refractivity contribution in [2.75, 3.05) is 0 Å². The van der Waals surface area contributed by atoms with Gasteiger partial charge in [0.1, 0.15) is 0 Å². The third kappa shape index (κ3) is 3.35. The van der Waals surface area contributed by atoms with Crippen LogP contribution in [0.25, 0.3) is 0 Å². The van der Waals surface area contributed by atoms with Crippen LogP contribution in [0.3, 0.4) is 0 Å². The Hall–Kier alpha value is -0.370. The van der Waals surface area contributed by atoms with E-state index >= 15 is 0 Å². The van der Waals surface area contributed by atoms with Gasteiger partial charge >= 0.3 is 15.4 Å². The normalized spacial score (nSPS) is 14.8. The predicted octanol–water partition coefficient (Wildman–Crippen LogP) is 1.51. The van der Waals surface area contributed by atoms with E-state index in [0.29, 0.717) is 0 Å². The van der Waals surface area contributed by atoms with E-state index in [1.807, 2.05) is 0 Å². The summed E-state index contributed by atoms with van der Waals surface area (Å²) < 4.78 is 75.4. The lowest BCUT2D eigenvalue weighted by Crippen LogP contribution is -2.34. The Morgan fingerprint density at radius 2 is 1.58 bits per heavy atom. The van der Waals surface area contributed by atoms with E-state index in [1.165, 1.54) is 0 Å². The average molecular weight is 210 g/mol. The van der Waals surface area contributed by atoms with Crippen LogP contribution in [0, 0.1) is 0 Å². The van der Waals surface area contributed by atoms with Gasteiger partial charge in [-0.15, -0.1) is 0 Å². The van der Waals surface area contributed by atoms with Crippen molar-refractivity contribution in [3.05, 3.63) is 0 Å². The molecule has 0 saturated heterocycles. The first-order valence-corrected chi connectivity index (χ1v) is 4.12. The van der Waals surface area contributed by atoms with Crippen molar-refractivity contribution in [1.29, 1.82) is 0 Å². The Bertz CT molecular complexity index is 252. The lowest BCUT2D eigenvalue weighted by molar-refractivity contribution is -0.0604. The van der Waals surface area contributed by atoms with Crippen molar-refractivity contribution in [1.82, 2.24) is 0 Å². The number of alkyl halides is 4. The van der Waals surface area contributed by atoms with Gasteiger partial charge < -0.3 is 0 Å². The second-order valence-corrected chi connectivity index (χ2v) is 3.91. The highest BCUT2D eigenvalue weighted by atomic mass is 32.2. The fraction of sp³-hybridized carbons (Fsp3) is 1.00. The molecule has 0 bridgehead atoms.